The molecule has 0 aromatic heterocycles. The Hall–Kier alpha value is -3.11. The molecule has 0 fully saturated rings. The van der Waals surface area contributed by atoms with Crippen molar-refractivity contribution in [1.82, 2.24) is 0 Å². The summed E-state index contributed by atoms with van der Waals surface area (Å²) in [6.07, 6.45) is 43.1. The molecule has 0 bridgehead atoms. The van der Waals surface area contributed by atoms with Crippen LogP contribution in [-0.4, -0.2) is 63.5 Å². The van der Waals surface area contributed by atoms with Gasteiger partial charge in [0.15, 0.2) is 6.10 Å². The van der Waals surface area contributed by atoms with Crippen molar-refractivity contribution >= 4 is 19.8 Å². The minimum absolute atomic E-state index is 0.0648. The van der Waals surface area contributed by atoms with Gasteiger partial charge in [0.25, 0.3) is 0 Å². The molecule has 0 aliphatic heterocycles. The minimum Gasteiger partial charge on any atom is -0.462 e. The highest BCUT2D eigenvalue weighted by Crippen LogP contribution is 2.36. The zero-order valence-electron chi connectivity index (χ0n) is 32.8. The Morgan fingerprint density at radius 2 is 1.06 bits per heavy atom. The lowest BCUT2D eigenvalue weighted by Gasteiger charge is -2.19. The number of allylic oxidation sites excluding steroid dienone is 15. The molecule has 4 N–H and O–H groups in total. The first-order valence-corrected chi connectivity index (χ1v) is 21.2. The Morgan fingerprint density at radius 1 is 0.574 bits per heavy atom. The van der Waals surface area contributed by atoms with Gasteiger partial charge in [0, 0.05) is 12.8 Å². The van der Waals surface area contributed by atoms with E-state index in [4.69, 9.17) is 19.3 Å². The monoisotopic (exact) mass is 776 g/mol. The molecule has 54 heavy (non-hydrogen) atoms. The lowest BCUT2D eigenvalue weighted by molar-refractivity contribution is -0.161. The SMILES string of the molecule is CC/C=C\C/C=C\C/C=C\C/C=C\C/C=C\CCCC(=O)O[C@H](COC(=O)CCCC(O)C(O)C/C=C\C/C=C\C/C=C\CCCCC)COP(=O)(O)O. The molecule has 0 amide bonds. The maximum Gasteiger partial charge on any atom is 0.469 e. The highest BCUT2D eigenvalue weighted by atomic mass is 31.2. The van der Waals surface area contributed by atoms with Gasteiger partial charge in [-0.15, -0.1) is 0 Å². The van der Waals surface area contributed by atoms with E-state index in [1.807, 2.05) is 24.3 Å². The summed E-state index contributed by atoms with van der Waals surface area (Å²) in [5.41, 5.74) is 0. The number of hydrogen-bond donors (Lipinski definition) is 4. The van der Waals surface area contributed by atoms with Gasteiger partial charge in [0.05, 0.1) is 18.8 Å². The summed E-state index contributed by atoms with van der Waals surface area (Å²) in [6, 6.07) is 0. The predicted octanol–water partition coefficient (Wildman–Crippen LogP) is 9.78. The van der Waals surface area contributed by atoms with Crippen molar-refractivity contribution < 1.29 is 48.2 Å². The van der Waals surface area contributed by atoms with Gasteiger partial charge in [0.1, 0.15) is 6.61 Å². The second-order valence-corrected chi connectivity index (χ2v) is 14.1. The van der Waals surface area contributed by atoms with Crippen LogP contribution < -0.4 is 0 Å². The van der Waals surface area contributed by atoms with E-state index in [1.54, 1.807) is 0 Å². The molecular weight excluding hydrogens is 707 g/mol. The number of carbonyl (C=O) groups is 2. The molecule has 0 aliphatic carbocycles. The number of unbranched alkanes of at least 4 members (excludes halogenated alkanes) is 4. The fourth-order valence-corrected chi connectivity index (χ4v) is 5.11. The Bertz CT molecular complexity index is 1220. The molecule has 0 saturated heterocycles. The van der Waals surface area contributed by atoms with Crippen LogP contribution >= 0.6 is 7.82 Å². The molecule has 0 spiro atoms. The number of carbonyl (C=O) groups excluding carboxylic acids is 2. The van der Waals surface area contributed by atoms with Crippen molar-refractivity contribution in [3.05, 3.63) is 97.2 Å². The normalized spacial score (nSPS) is 14.7. The molecule has 0 heterocycles. The first-order valence-electron chi connectivity index (χ1n) is 19.7. The third-order valence-corrected chi connectivity index (χ3v) is 8.27. The second kappa shape index (κ2) is 36.8. The van der Waals surface area contributed by atoms with Gasteiger partial charge in [-0.05, 0) is 89.9 Å². The number of phosphoric ester groups is 1. The zero-order chi connectivity index (χ0) is 40.0. The molecule has 0 aliphatic rings. The highest BCUT2D eigenvalue weighted by molar-refractivity contribution is 7.46. The molecule has 0 aromatic rings. The topological polar surface area (TPSA) is 160 Å². The van der Waals surface area contributed by atoms with Gasteiger partial charge < -0.3 is 29.5 Å². The summed E-state index contributed by atoms with van der Waals surface area (Å²) >= 11 is 0. The summed E-state index contributed by atoms with van der Waals surface area (Å²) in [5.74, 6) is -1.25. The first kappa shape index (κ1) is 50.9. The first-order chi connectivity index (χ1) is 26.1. The third kappa shape index (κ3) is 37.2. The maximum absolute atomic E-state index is 12.4. The van der Waals surface area contributed by atoms with Crippen LogP contribution in [0.15, 0.2) is 97.2 Å². The maximum atomic E-state index is 12.4. The van der Waals surface area contributed by atoms with Crippen LogP contribution in [0.2, 0.25) is 0 Å². The number of phosphoric acid groups is 1. The zero-order valence-corrected chi connectivity index (χ0v) is 33.7. The molecule has 0 rings (SSSR count). The largest absolute Gasteiger partial charge is 0.469 e. The van der Waals surface area contributed by atoms with Gasteiger partial charge in [-0.1, -0.05) is 124 Å². The molecule has 0 saturated carbocycles. The van der Waals surface area contributed by atoms with E-state index >= 15 is 0 Å². The van der Waals surface area contributed by atoms with E-state index in [0.717, 1.165) is 51.4 Å². The van der Waals surface area contributed by atoms with E-state index in [0.29, 0.717) is 12.8 Å². The van der Waals surface area contributed by atoms with Gasteiger partial charge in [-0.2, -0.15) is 0 Å². The Labute approximate surface area is 325 Å². The summed E-state index contributed by atoms with van der Waals surface area (Å²) in [4.78, 5) is 42.8. The van der Waals surface area contributed by atoms with Crippen molar-refractivity contribution in [3.63, 3.8) is 0 Å². The standard InChI is InChI=1S/C43H69O10P/c1-3-5-7-9-11-13-15-17-18-19-20-21-23-25-27-29-31-35-43(47)53-39(38-52-54(48,49)50)37-51-42(46)36-32-34-41(45)40(44)33-30-28-26-24-22-16-14-12-10-8-6-4-2/h5,7,11-14,17-18,20-22,24-25,27-28,30,39-41,44-45H,3-4,6,8-10,15-16,19,23,26,29,31-38H2,1-2H3,(H2,48,49,50)/b7-5-,13-11-,14-12-,18-17-,21-20-,24-22-,27-25-,30-28-/t39-,40?,41?/m1/s1. The number of aliphatic hydroxyl groups is 2. The van der Waals surface area contributed by atoms with Crippen LogP contribution in [0, 0.1) is 0 Å². The highest BCUT2D eigenvalue weighted by Gasteiger charge is 2.23. The van der Waals surface area contributed by atoms with Crippen LogP contribution in [0.5, 0.6) is 0 Å². The van der Waals surface area contributed by atoms with Crippen LogP contribution in [0.4, 0.5) is 0 Å². The van der Waals surface area contributed by atoms with E-state index in [-0.39, 0.29) is 32.1 Å². The Kier molecular flexibility index (Phi) is 34.7. The summed E-state index contributed by atoms with van der Waals surface area (Å²) < 4.78 is 26.1. The van der Waals surface area contributed by atoms with Crippen molar-refractivity contribution in [2.24, 2.45) is 0 Å². The lowest BCUT2D eigenvalue weighted by atomic mass is 10.0. The summed E-state index contributed by atoms with van der Waals surface area (Å²) in [7, 11) is -4.84. The predicted molar refractivity (Wildman–Crippen MR) is 218 cm³/mol. The smallest absolute Gasteiger partial charge is 0.462 e. The van der Waals surface area contributed by atoms with Gasteiger partial charge >= 0.3 is 19.8 Å². The fraction of sp³-hybridized carbons (Fsp3) is 0.581. The number of hydrogen-bond acceptors (Lipinski definition) is 8. The van der Waals surface area contributed by atoms with Crippen LogP contribution in [0.25, 0.3) is 0 Å². The third-order valence-electron chi connectivity index (χ3n) is 7.79. The van der Waals surface area contributed by atoms with Crippen molar-refractivity contribution in [1.29, 1.82) is 0 Å². The number of esters is 2. The van der Waals surface area contributed by atoms with Crippen LogP contribution in [0.1, 0.15) is 129 Å². The van der Waals surface area contributed by atoms with Crippen LogP contribution in [0.3, 0.4) is 0 Å². The minimum atomic E-state index is -4.84. The molecular formula is C43H69O10P. The van der Waals surface area contributed by atoms with Gasteiger partial charge in [-0.3, -0.25) is 14.1 Å². The number of rotatable bonds is 34. The second-order valence-electron chi connectivity index (χ2n) is 12.8. The fourth-order valence-electron chi connectivity index (χ4n) is 4.74. The van der Waals surface area contributed by atoms with Crippen molar-refractivity contribution in [3.8, 4) is 0 Å². The summed E-state index contributed by atoms with van der Waals surface area (Å²) in [5, 5.41) is 20.5. The van der Waals surface area contributed by atoms with Crippen molar-refractivity contribution in [2.75, 3.05) is 13.2 Å². The Morgan fingerprint density at radius 3 is 1.57 bits per heavy atom. The average molecular weight is 777 g/mol. The Balaban J connectivity index is 4.32. The van der Waals surface area contributed by atoms with E-state index in [9.17, 15) is 24.4 Å². The number of aliphatic hydroxyl groups excluding tert-OH is 2. The average Bonchev–Trinajstić information content (AvgIpc) is 3.13. The quantitative estimate of drug-likeness (QED) is 0.0214. The van der Waals surface area contributed by atoms with E-state index in [1.165, 1.54) is 19.3 Å². The van der Waals surface area contributed by atoms with Crippen molar-refractivity contribution in [2.45, 2.75) is 148 Å². The number of ether oxygens (including phenoxy) is 2. The molecule has 11 heteroatoms. The van der Waals surface area contributed by atoms with E-state index in [2.05, 4.69) is 91.3 Å². The lowest BCUT2D eigenvalue weighted by Crippen LogP contribution is -2.29. The summed E-state index contributed by atoms with van der Waals surface area (Å²) in [6.45, 7) is 3.22. The van der Waals surface area contributed by atoms with Gasteiger partial charge in [0.2, 0.25) is 0 Å². The molecule has 0 radical (unpaired) electrons. The van der Waals surface area contributed by atoms with Crippen LogP contribution in [-0.2, 0) is 28.2 Å². The van der Waals surface area contributed by atoms with E-state index < -0.39 is 51.3 Å². The van der Waals surface area contributed by atoms with Gasteiger partial charge in [-0.25, -0.2) is 4.57 Å². The molecule has 3 atom stereocenters. The molecule has 0 aromatic carbocycles. The molecule has 306 valence electrons. The molecule has 10 nitrogen and oxygen atoms in total. The molecule has 2 unspecified atom stereocenters.